The van der Waals surface area contributed by atoms with E-state index in [1.807, 2.05) is 6.92 Å². The third-order valence-electron chi connectivity index (χ3n) is 0.994. The van der Waals surface area contributed by atoms with Gasteiger partial charge in [-0.1, -0.05) is 20.3 Å². The highest BCUT2D eigenvalue weighted by Crippen LogP contribution is 2.01. The van der Waals surface area contributed by atoms with Gasteiger partial charge in [0.15, 0.2) is 6.29 Å². The van der Waals surface area contributed by atoms with Crippen molar-refractivity contribution in [1.29, 1.82) is 0 Å². The number of rotatable bonds is 0. The summed E-state index contributed by atoms with van der Waals surface area (Å²) in [5.41, 5.74) is 0. The lowest BCUT2D eigenvalue weighted by Gasteiger charge is -2.18. The third kappa shape index (κ3) is 6.05. The molecule has 1 rings (SSSR count). The van der Waals surface area contributed by atoms with Gasteiger partial charge in [0.2, 0.25) is 0 Å². The van der Waals surface area contributed by atoms with E-state index in [0.29, 0.717) is 0 Å². The Hall–Kier alpha value is -0.0800. The minimum Gasteiger partial charge on any atom is -0.353 e. The minimum atomic E-state index is 0.0359. The van der Waals surface area contributed by atoms with Crippen molar-refractivity contribution >= 4 is 0 Å². The van der Waals surface area contributed by atoms with E-state index >= 15 is 0 Å². The van der Waals surface area contributed by atoms with E-state index in [1.54, 1.807) is 0 Å². The minimum absolute atomic E-state index is 0.0359. The van der Waals surface area contributed by atoms with Crippen molar-refractivity contribution in [3.63, 3.8) is 0 Å². The number of ether oxygens (including phenoxy) is 2. The Bertz CT molecular complexity index is 58.3. The number of hydrogen-bond acceptors (Lipinski definition) is 2. The fraction of sp³-hybridized carbons (Fsp3) is 1.00. The molecule has 62 valence electrons. The molecule has 0 aromatic carbocycles. The van der Waals surface area contributed by atoms with Crippen molar-refractivity contribution in [3.8, 4) is 0 Å². The summed E-state index contributed by atoms with van der Waals surface area (Å²) in [6.45, 7) is 7.89. The normalized spacial score (nSPS) is 19.5. The Morgan fingerprint density at radius 3 is 1.80 bits per heavy atom. The lowest BCUT2D eigenvalue weighted by atomic mass is 10.4. The molecule has 0 spiro atoms. The van der Waals surface area contributed by atoms with Gasteiger partial charge in [-0.15, -0.1) is 0 Å². The van der Waals surface area contributed by atoms with Gasteiger partial charge in [-0.05, 0) is 13.3 Å². The second-order valence-corrected chi connectivity index (χ2v) is 2.37. The Kier molecular flexibility index (Phi) is 6.98. The van der Waals surface area contributed by atoms with Gasteiger partial charge >= 0.3 is 0 Å². The maximum absolute atomic E-state index is 5.06. The maximum atomic E-state index is 5.06. The average Bonchev–Trinajstić information content (AvgIpc) is 1.91. The first kappa shape index (κ1) is 9.92. The summed E-state index contributed by atoms with van der Waals surface area (Å²) in [4.78, 5) is 0. The predicted molar refractivity (Wildman–Crippen MR) is 41.9 cm³/mol. The van der Waals surface area contributed by atoms with E-state index in [1.165, 1.54) is 6.42 Å². The molecule has 0 amide bonds. The molecule has 2 nitrogen and oxygen atoms in total. The summed E-state index contributed by atoms with van der Waals surface area (Å²) < 4.78 is 10.1. The molecule has 1 aliphatic heterocycles. The van der Waals surface area contributed by atoms with Gasteiger partial charge in [-0.2, -0.15) is 0 Å². The molecule has 1 saturated heterocycles. The zero-order chi connectivity index (χ0) is 7.82. The second-order valence-electron chi connectivity index (χ2n) is 2.37. The van der Waals surface area contributed by atoms with E-state index in [-0.39, 0.29) is 6.29 Å². The molecule has 0 aromatic heterocycles. The first-order valence-electron chi connectivity index (χ1n) is 4.04. The van der Waals surface area contributed by atoms with Crippen LogP contribution >= 0.6 is 0 Å². The molecule has 2 heteroatoms. The first-order chi connectivity index (χ1) is 4.81. The largest absolute Gasteiger partial charge is 0.353 e. The van der Waals surface area contributed by atoms with E-state index in [0.717, 1.165) is 19.6 Å². The van der Waals surface area contributed by atoms with Crippen LogP contribution in [0.4, 0.5) is 0 Å². The Morgan fingerprint density at radius 2 is 1.60 bits per heavy atom. The van der Waals surface area contributed by atoms with E-state index in [4.69, 9.17) is 9.47 Å². The Balaban J connectivity index is 0.000000236. The maximum Gasteiger partial charge on any atom is 0.154 e. The molecule has 1 aliphatic rings. The molecule has 0 atom stereocenters. The van der Waals surface area contributed by atoms with Crippen molar-refractivity contribution in [3.05, 3.63) is 0 Å². The monoisotopic (exact) mass is 146 g/mol. The molecular weight excluding hydrogens is 128 g/mol. The first-order valence-corrected chi connectivity index (χ1v) is 4.04. The van der Waals surface area contributed by atoms with Gasteiger partial charge in [-0.3, -0.25) is 0 Å². The molecule has 0 aromatic rings. The summed E-state index contributed by atoms with van der Waals surface area (Å²) in [6.07, 6.45) is 2.33. The molecule has 0 bridgehead atoms. The summed E-state index contributed by atoms with van der Waals surface area (Å²) in [5, 5.41) is 0. The molecule has 10 heavy (non-hydrogen) atoms. The fourth-order valence-corrected chi connectivity index (χ4v) is 0.606. The summed E-state index contributed by atoms with van der Waals surface area (Å²) in [5.74, 6) is 0. The lowest BCUT2D eigenvalue weighted by molar-refractivity contribution is -0.167. The average molecular weight is 146 g/mol. The van der Waals surface area contributed by atoms with Crippen LogP contribution in [0.3, 0.4) is 0 Å². The predicted octanol–water partition coefficient (Wildman–Crippen LogP) is 2.19. The van der Waals surface area contributed by atoms with Crippen LogP contribution in [0.5, 0.6) is 0 Å². The van der Waals surface area contributed by atoms with Crippen molar-refractivity contribution in [1.82, 2.24) is 0 Å². The molecular formula is C8H18O2. The van der Waals surface area contributed by atoms with Gasteiger partial charge in [0.25, 0.3) is 0 Å². The van der Waals surface area contributed by atoms with Crippen molar-refractivity contribution < 1.29 is 9.47 Å². The van der Waals surface area contributed by atoms with Crippen molar-refractivity contribution in [2.24, 2.45) is 0 Å². The van der Waals surface area contributed by atoms with Crippen LogP contribution in [0.1, 0.15) is 33.6 Å². The highest BCUT2D eigenvalue weighted by atomic mass is 16.7. The van der Waals surface area contributed by atoms with Gasteiger partial charge in [0, 0.05) is 0 Å². The highest BCUT2D eigenvalue weighted by molar-refractivity contribution is 4.42. The molecule has 0 aliphatic carbocycles. The summed E-state index contributed by atoms with van der Waals surface area (Å²) in [6, 6.07) is 0. The van der Waals surface area contributed by atoms with E-state index in [9.17, 15) is 0 Å². The van der Waals surface area contributed by atoms with Gasteiger partial charge < -0.3 is 9.47 Å². The second kappa shape index (κ2) is 7.03. The van der Waals surface area contributed by atoms with Crippen LogP contribution in [0.2, 0.25) is 0 Å². The molecule has 0 saturated carbocycles. The zero-order valence-electron chi connectivity index (χ0n) is 7.22. The zero-order valence-corrected chi connectivity index (χ0v) is 7.22. The quantitative estimate of drug-likeness (QED) is 0.521. The Morgan fingerprint density at radius 1 is 1.20 bits per heavy atom. The van der Waals surface area contributed by atoms with Crippen LogP contribution in [0.15, 0.2) is 0 Å². The van der Waals surface area contributed by atoms with E-state index in [2.05, 4.69) is 13.8 Å². The molecule has 0 radical (unpaired) electrons. The summed E-state index contributed by atoms with van der Waals surface area (Å²) >= 11 is 0. The fourth-order valence-electron chi connectivity index (χ4n) is 0.606. The Labute approximate surface area is 63.5 Å². The van der Waals surface area contributed by atoms with Crippen molar-refractivity contribution in [2.75, 3.05) is 13.2 Å². The van der Waals surface area contributed by atoms with Crippen molar-refractivity contribution in [2.45, 2.75) is 39.9 Å². The lowest BCUT2D eigenvalue weighted by Crippen LogP contribution is -2.21. The molecule has 1 heterocycles. The van der Waals surface area contributed by atoms with E-state index < -0.39 is 0 Å². The molecule has 1 fully saturated rings. The van der Waals surface area contributed by atoms with Crippen LogP contribution in [-0.4, -0.2) is 19.5 Å². The van der Waals surface area contributed by atoms with Gasteiger partial charge in [0.1, 0.15) is 0 Å². The standard InChI is InChI=1S/C5H10O2.C3H8/c1-5-6-3-2-4-7-5;1-3-2/h5H,2-4H2,1H3;3H2,1-2H3. The SMILES string of the molecule is CC1OCCCO1.CCC. The van der Waals surface area contributed by atoms with Crippen LogP contribution in [0, 0.1) is 0 Å². The number of hydrogen-bond donors (Lipinski definition) is 0. The van der Waals surface area contributed by atoms with Gasteiger partial charge in [-0.25, -0.2) is 0 Å². The van der Waals surface area contributed by atoms with Crippen LogP contribution < -0.4 is 0 Å². The third-order valence-corrected chi connectivity index (χ3v) is 0.994. The smallest absolute Gasteiger partial charge is 0.154 e. The topological polar surface area (TPSA) is 18.5 Å². The highest BCUT2D eigenvalue weighted by Gasteiger charge is 2.05. The van der Waals surface area contributed by atoms with Crippen LogP contribution in [-0.2, 0) is 9.47 Å². The van der Waals surface area contributed by atoms with Gasteiger partial charge in [0.05, 0.1) is 13.2 Å². The summed E-state index contributed by atoms with van der Waals surface area (Å²) in [7, 11) is 0. The molecule has 0 unspecified atom stereocenters. The molecule has 0 N–H and O–H groups in total. The van der Waals surface area contributed by atoms with Crippen LogP contribution in [0.25, 0.3) is 0 Å².